The SMILES string of the molecule is O=c1[nH]c2ccc(Cl)cc2c2ccsc12. The minimum atomic E-state index is -0.0326. The molecule has 1 N–H and O–H groups in total. The molecule has 2 heterocycles. The first-order chi connectivity index (χ1) is 7.25. The molecule has 0 aliphatic heterocycles. The van der Waals surface area contributed by atoms with Gasteiger partial charge in [0.15, 0.2) is 0 Å². The summed E-state index contributed by atoms with van der Waals surface area (Å²) in [7, 11) is 0. The first-order valence-corrected chi connectivity index (χ1v) is 5.70. The second kappa shape index (κ2) is 3.08. The number of nitrogens with one attached hydrogen (secondary N) is 1. The highest BCUT2D eigenvalue weighted by Crippen LogP contribution is 2.26. The zero-order chi connectivity index (χ0) is 10.4. The van der Waals surface area contributed by atoms with Gasteiger partial charge in [-0.3, -0.25) is 4.79 Å². The molecule has 0 atom stereocenters. The fraction of sp³-hybridized carbons (Fsp3) is 0. The van der Waals surface area contributed by atoms with Gasteiger partial charge in [0, 0.05) is 21.3 Å². The van der Waals surface area contributed by atoms with Crippen molar-refractivity contribution in [2.45, 2.75) is 0 Å². The molecule has 3 rings (SSSR count). The molecule has 4 heteroatoms. The van der Waals surface area contributed by atoms with Gasteiger partial charge in [0.2, 0.25) is 0 Å². The van der Waals surface area contributed by atoms with Gasteiger partial charge in [0.25, 0.3) is 5.56 Å². The molecule has 3 aromatic rings. The van der Waals surface area contributed by atoms with Crippen molar-refractivity contribution in [3.8, 4) is 0 Å². The number of aromatic amines is 1. The quantitative estimate of drug-likeness (QED) is 0.637. The first-order valence-electron chi connectivity index (χ1n) is 4.44. The molecule has 0 radical (unpaired) electrons. The van der Waals surface area contributed by atoms with E-state index in [-0.39, 0.29) is 5.56 Å². The lowest BCUT2D eigenvalue weighted by molar-refractivity contribution is 1.36. The standard InChI is InChI=1S/C11H6ClNOS/c12-6-1-2-9-8(5-6)7-3-4-15-10(7)11(14)13-9/h1-5H,(H,13,14). The molecule has 0 saturated heterocycles. The van der Waals surface area contributed by atoms with Crippen LogP contribution in [0.1, 0.15) is 0 Å². The molecule has 0 amide bonds. The summed E-state index contributed by atoms with van der Waals surface area (Å²) < 4.78 is 0.754. The smallest absolute Gasteiger partial charge is 0.266 e. The maximum atomic E-state index is 11.7. The molecule has 0 bridgehead atoms. The van der Waals surface area contributed by atoms with Crippen LogP contribution in [0, 0.1) is 0 Å². The predicted molar refractivity (Wildman–Crippen MR) is 65.0 cm³/mol. The third-order valence-electron chi connectivity index (χ3n) is 2.39. The van der Waals surface area contributed by atoms with Crippen molar-refractivity contribution >= 4 is 43.9 Å². The molecule has 74 valence electrons. The lowest BCUT2D eigenvalue weighted by atomic mass is 10.1. The molecule has 0 unspecified atom stereocenters. The fourth-order valence-electron chi connectivity index (χ4n) is 1.72. The lowest BCUT2D eigenvalue weighted by Gasteiger charge is -1.99. The third kappa shape index (κ3) is 1.28. The Hall–Kier alpha value is -1.32. The second-order valence-electron chi connectivity index (χ2n) is 3.31. The minimum absolute atomic E-state index is 0.0326. The average molecular weight is 236 g/mol. The molecule has 0 aliphatic carbocycles. The Kier molecular flexibility index (Phi) is 1.84. The van der Waals surface area contributed by atoms with Crippen molar-refractivity contribution in [1.29, 1.82) is 0 Å². The Bertz CT molecular complexity index is 713. The van der Waals surface area contributed by atoms with Crippen LogP contribution in [0.2, 0.25) is 5.02 Å². The van der Waals surface area contributed by atoms with Crippen molar-refractivity contribution in [1.82, 2.24) is 4.98 Å². The first kappa shape index (κ1) is 8.95. The zero-order valence-corrected chi connectivity index (χ0v) is 9.15. The molecule has 0 fully saturated rings. The van der Waals surface area contributed by atoms with E-state index in [1.807, 2.05) is 23.6 Å². The molecule has 2 aromatic heterocycles. The molecule has 1 aromatic carbocycles. The van der Waals surface area contributed by atoms with Crippen LogP contribution in [0.15, 0.2) is 34.4 Å². The summed E-state index contributed by atoms with van der Waals surface area (Å²) in [4.78, 5) is 14.5. The molecular formula is C11H6ClNOS. The van der Waals surface area contributed by atoms with E-state index in [1.54, 1.807) is 6.07 Å². The molecule has 0 aliphatic rings. The Morgan fingerprint density at radius 1 is 1.20 bits per heavy atom. The van der Waals surface area contributed by atoms with E-state index < -0.39 is 0 Å². The number of rotatable bonds is 0. The lowest BCUT2D eigenvalue weighted by Crippen LogP contribution is -2.03. The monoisotopic (exact) mass is 235 g/mol. The maximum absolute atomic E-state index is 11.7. The summed E-state index contributed by atoms with van der Waals surface area (Å²) in [5.41, 5.74) is 0.796. The number of benzene rings is 1. The molecule has 0 saturated carbocycles. The number of H-pyrrole nitrogens is 1. The van der Waals surface area contributed by atoms with Gasteiger partial charge >= 0.3 is 0 Å². The fourth-order valence-corrected chi connectivity index (χ4v) is 2.70. The zero-order valence-electron chi connectivity index (χ0n) is 7.58. The van der Waals surface area contributed by atoms with Gasteiger partial charge < -0.3 is 4.98 Å². The van der Waals surface area contributed by atoms with Crippen LogP contribution in [-0.4, -0.2) is 4.98 Å². The summed E-state index contributed by atoms with van der Waals surface area (Å²) in [6.07, 6.45) is 0. The molecule has 15 heavy (non-hydrogen) atoms. The van der Waals surface area contributed by atoms with E-state index in [9.17, 15) is 4.79 Å². The van der Waals surface area contributed by atoms with Gasteiger partial charge in [-0.05, 0) is 29.6 Å². The van der Waals surface area contributed by atoms with Crippen molar-refractivity contribution < 1.29 is 0 Å². The highest BCUT2D eigenvalue weighted by Gasteiger charge is 2.05. The number of hydrogen-bond donors (Lipinski definition) is 1. The Morgan fingerprint density at radius 3 is 2.93 bits per heavy atom. The largest absolute Gasteiger partial charge is 0.321 e. The summed E-state index contributed by atoms with van der Waals surface area (Å²) in [5.74, 6) is 0. The van der Waals surface area contributed by atoms with E-state index in [4.69, 9.17) is 11.6 Å². The number of hydrogen-bond acceptors (Lipinski definition) is 2. The Morgan fingerprint density at radius 2 is 2.07 bits per heavy atom. The van der Waals surface area contributed by atoms with Gasteiger partial charge in [-0.15, -0.1) is 11.3 Å². The van der Waals surface area contributed by atoms with Crippen molar-refractivity contribution in [2.24, 2.45) is 0 Å². The summed E-state index contributed by atoms with van der Waals surface area (Å²) in [5, 5.41) is 4.57. The van der Waals surface area contributed by atoms with E-state index in [0.29, 0.717) is 5.02 Å². The van der Waals surface area contributed by atoms with Crippen LogP contribution in [0.25, 0.3) is 21.0 Å². The number of fused-ring (bicyclic) bond motifs is 3. The molecule has 0 spiro atoms. The Balaban J connectivity index is 2.67. The van der Waals surface area contributed by atoms with Crippen LogP contribution >= 0.6 is 22.9 Å². The summed E-state index contributed by atoms with van der Waals surface area (Å²) in [6, 6.07) is 7.43. The second-order valence-corrected chi connectivity index (χ2v) is 4.66. The van der Waals surface area contributed by atoms with E-state index in [1.165, 1.54) is 11.3 Å². The number of halogens is 1. The third-order valence-corrected chi connectivity index (χ3v) is 3.54. The minimum Gasteiger partial charge on any atom is -0.321 e. The highest BCUT2D eigenvalue weighted by atomic mass is 35.5. The van der Waals surface area contributed by atoms with Crippen LogP contribution in [0.4, 0.5) is 0 Å². The van der Waals surface area contributed by atoms with Crippen LogP contribution in [0.5, 0.6) is 0 Å². The highest BCUT2D eigenvalue weighted by molar-refractivity contribution is 7.17. The average Bonchev–Trinajstić information content (AvgIpc) is 2.69. The van der Waals surface area contributed by atoms with E-state index >= 15 is 0 Å². The van der Waals surface area contributed by atoms with Gasteiger partial charge in [-0.1, -0.05) is 11.6 Å². The number of thiophene rings is 1. The van der Waals surface area contributed by atoms with Gasteiger partial charge in [-0.25, -0.2) is 0 Å². The van der Waals surface area contributed by atoms with E-state index in [2.05, 4.69) is 4.98 Å². The van der Waals surface area contributed by atoms with Crippen LogP contribution < -0.4 is 5.56 Å². The predicted octanol–water partition coefficient (Wildman–Crippen LogP) is 3.40. The number of aromatic nitrogens is 1. The van der Waals surface area contributed by atoms with Crippen molar-refractivity contribution in [2.75, 3.05) is 0 Å². The summed E-state index contributed by atoms with van der Waals surface area (Å²) >= 11 is 7.39. The summed E-state index contributed by atoms with van der Waals surface area (Å²) in [6.45, 7) is 0. The van der Waals surface area contributed by atoms with Gasteiger partial charge in [-0.2, -0.15) is 0 Å². The normalized spacial score (nSPS) is 11.3. The van der Waals surface area contributed by atoms with Crippen LogP contribution in [-0.2, 0) is 0 Å². The van der Waals surface area contributed by atoms with Crippen molar-refractivity contribution in [3.05, 3.63) is 45.0 Å². The van der Waals surface area contributed by atoms with Crippen LogP contribution in [0.3, 0.4) is 0 Å². The molecular weight excluding hydrogens is 230 g/mol. The number of pyridine rings is 1. The topological polar surface area (TPSA) is 32.9 Å². The molecule has 2 nitrogen and oxygen atoms in total. The van der Waals surface area contributed by atoms with Gasteiger partial charge in [0.1, 0.15) is 4.70 Å². The maximum Gasteiger partial charge on any atom is 0.266 e. The van der Waals surface area contributed by atoms with Gasteiger partial charge in [0.05, 0.1) is 0 Å². The van der Waals surface area contributed by atoms with Crippen molar-refractivity contribution in [3.63, 3.8) is 0 Å². The van der Waals surface area contributed by atoms with E-state index in [0.717, 1.165) is 21.0 Å². The Labute approximate surface area is 94.1 Å².